The molecule has 5 rings (SSSR count). The van der Waals surface area contributed by atoms with E-state index in [1.807, 2.05) is 6.07 Å². The predicted octanol–water partition coefficient (Wildman–Crippen LogP) is 2.77. The number of nitrogens with zero attached hydrogens (tertiary/aromatic N) is 3. The SMILES string of the molecule is COc1cc(C(=O)NCC(O)CN2CCc3cc(OCc4cnco4)ccc3C2)cc(NC2CCC2)n1. The Morgan fingerprint density at radius 2 is 2.16 bits per heavy atom. The minimum Gasteiger partial charge on any atom is -0.486 e. The van der Waals surface area contributed by atoms with Gasteiger partial charge in [0.1, 0.15) is 18.2 Å². The van der Waals surface area contributed by atoms with Gasteiger partial charge in [0.2, 0.25) is 5.88 Å². The number of β-amino-alcohol motifs (C(OH)–C–C–N with tert-alkyl or cyclic N) is 1. The number of hydrogen-bond acceptors (Lipinski definition) is 9. The molecule has 1 atom stereocenters. The van der Waals surface area contributed by atoms with Gasteiger partial charge in [0.05, 0.1) is 19.4 Å². The van der Waals surface area contributed by atoms with Crippen LogP contribution in [-0.4, -0.2) is 64.8 Å². The third kappa shape index (κ3) is 6.58. The van der Waals surface area contributed by atoms with E-state index in [4.69, 9.17) is 13.9 Å². The molecule has 1 fully saturated rings. The summed E-state index contributed by atoms with van der Waals surface area (Å²) in [4.78, 5) is 23.3. The van der Waals surface area contributed by atoms with Crippen molar-refractivity contribution in [3.8, 4) is 11.6 Å². The highest BCUT2D eigenvalue weighted by atomic mass is 16.5. The number of carbonyl (C=O) groups excluding carboxylic acids is 1. The number of aliphatic hydroxyl groups excluding tert-OH is 1. The lowest BCUT2D eigenvalue weighted by atomic mass is 9.93. The Morgan fingerprint density at radius 1 is 1.27 bits per heavy atom. The van der Waals surface area contributed by atoms with Gasteiger partial charge in [-0.1, -0.05) is 6.07 Å². The van der Waals surface area contributed by atoms with Gasteiger partial charge in [-0.25, -0.2) is 4.98 Å². The fraction of sp³-hybridized carbons (Fsp3) is 0.444. The molecule has 1 unspecified atom stereocenters. The Morgan fingerprint density at radius 3 is 2.92 bits per heavy atom. The number of nitrogens with one attached hydrogen (secondary N) is 2. The Bertz CT molecular complexity index is 1200. The summed E-state index contributed by atoms with van der Waals surface area (Å²) in [5.41, 5.74) is 2.91. The number of methoxy groups -OCH3 is 1. The summed E-state index contributed by atoms with van der Waals surface area (Å²) >= 11 is 0. The molecule has 10 nitrogen and oxygen atoms in total. The summed E-state index contributed by atoms with van der Waals surface area (Å²) in [7, 11) is 1.53. The quantitative estimate of drug-likeness (QED) is 0.360. The lowest BCUT2D eigenvalue weighted by Gasteiger charge is -2.30. The van der Waals surface area contributed by atoms with Crippen LogP contribution in [-0.2, 0) is 19.6 Å². The van der Waals surface area contributed by atoms with Crippen LogP contribution >= 0.6 is 0 Å². The van der Waals surface area contributed by atoms with Crippen LogP contribution in [0.4, 0.5) is 5.82 Å². The van der Waals surface area contributed by atoms with Crippen LogP contribution in [0.3, 0.4) is 0 Å². The molecule has 0 spiro atoms. The second kappa shape index (κ2) is 11.6. The fourth-order valence-electron chi connectivity index (χ4n) is 4.55. The Labute approximate surface area is 216 Å². The van der Waals surface area contributed by atoms with Crippen molar-refractivity contribution in [3.63, 3.8) is 0 Å². The first-order chi connectivity index (χ1) is 18.1. The number of aromatic nitrogens is 2. The monoisotopic (exact) mass is 507 g/mol. The van der Waals surface area contributed by atoms with Crippen molar-refractivity contribution in [1.82, 2.24) is 20.2 Å². The van der Waals surface area contributed by atoms with E-state index in [9.17, 15) is 9.90 Å². The van der Waals surface area contributed by atoms with Gasteiger partial charge in [-0.2, -0.15) is 4.98 Å². The molecule has 3 aromatic rings. The van der Waals surface area contributed by atoms with Crippen molar-refractivity contribution in [2.45, 2.75) is 51.0 Å². The molecule has 10 heteroatoms. The van der Waals surface area contributed by atoms with E-state index >= 15 is 0 Å². The van der Waals surface area contributed by atoms with Gasteiger partial charge < -0.3 is 29.6 Å². The molecule has 3 heterocycles. The minimum atomic E-state index is -0.689. The van der Waals surface area contributed by atoms with E-state index < -0.39 is 6.10 Å². The number of carbonyl (C=O) groups is 1. The van der Waals surface area contributed by atoms with E-state index in [0.717, 1.165) is 38.1 Å². The van der Waals surface area contributed by atoms with Crippen LogP contribution in [0.15, 0.2) is 47.3 Å². The summed E-state index contributed by atoms with van der Waals surface area (Å²) in [5.74, 6) is 2.23. The topological polar surface area (TPSA) is 122 Å². The largest absolute Gasteiger partial charge is 0.486 e. The van der Waals surface area contributed by atoms with Gasteiger partial charge in [0.25, 0.3) is 5.91 Å². The zero-order valence-electron chi connectivity index (χ0n) is 21.0. The maximum absolute atomic E-state index is 12.8. The molecule has 3 N–H and O–H groups in total. The Kier molecular flexibility index (Phi) is 7.86. The number of rotatable bonds is 11. The van der Waals surface area contributed by atoms with Gasteiger partial charge in [0.15, 0.2) is 12.2 Å². The molecule has 0 radical (unpaired) electrons. The van der Waals surface area contributed by atoms with Gasteiger partial charge in [-0.3, -0.25) is 9.69 Å². The number of oxazole rings is 1. The van der Waals surface area contributed by atoms with Gasteiger partial charge in [-0.15, -0.1) is 0 Å². The highest BCUT2D eigenvalue weighted by Gasteiger charge is 2.21. The maximum atomic E-state index is 12.8. The minimum absolute atomic E-state index is 0.159. The highest BCUT2D eigenvalue weighted by molar-refractivity contribution is 5.95. The second-order valence-electron chi connectivity index (χ2n) is 9.59. The molecular weight excluding hydrogens is 474 g/mol. The van der Waals surface area contributed by atoms with Crippen molar-refractivity contribution in [1.29, 1.82) is 0 Å². The third-order valence-corrected chi connectivity index (χ3v) is 6.83. The number of aliphatic hydroxyl groups is 1. The average molecular weight is 508 g/mol. The standard InChI is InChI=1S/C27H33N5O5/c1-35-26-11-20(10-25(31-26)30-21-3-2-4-21)27(34)29-12-22(33)15-32-8-7-18-9-23(6-5-19(18)14-32)36-16-24-13-28-17-37-24/h5-6,9-11,13,17,21-22,33H,2-4,7-8,12,14-16H2,1H3,(H,29,34)(H,30,31). The highest BCUT2D eigenvalue weighted by Crippen LogP contribution is 2.26. The average Bonchev–Trinajstić information content (AvgIpc) is 3.41. The van der Waals surface area contributed by atoms with E-state index in [2.05, 4.69) is 37.6 Å². The van der Waals surface area contributed by atoms with Crippen LogP contribution < -0.4 is 20.1 Å². The van der Waals surface area contributed by atoms with Gasteiger partial charge in [-0.05, 0) is 55.0 Å². The van der Waals surface area contributed by atoms with Crippen molar-refractivity contribution >= 4 is 11.7 Å². The van der Waals surface area contributed by atoms with Crippen molar-refractivity contribution in [3.05, 3.63) is 65.4 Å². The summed E-state index contributed by atoms with van der Waals surface area (Å²) in [6, 6.07) is 9.82. The summed E-state index contributed by atoms with van der Waals surface area (Å²) in [5, 5.41) is 16.8. The zero-order valence-corrected chi connectivity index (χ0v) is 21.0. The number of amides is 1. The first-order valence-electron chi connectivity index (χ1n) is 12.7. The number of ether oxygens (including phenoxy) is 2. The summed E-state index contributed by atoms with van der Waals surface area (Å²) in [6.07, 6.45) is 6.62. The molecule has 0 bridgehead atoms. The molecule has 196 valence electrons. The van der Waals surface area contributed by atoms with Crippen molar-refractivity contribution in [2.24, 2.45) is 0 Å². The number of benzene rings is 1. The van der Waals surface area contributed by atoms with Crippen LogP contribution in [0.2, 0.25) is 0 Å². The lowest BCUT2D eigenvalue weighted by Crippen LogP contribution is -2.42. The molecule has 2 aromatic heterocycles. The van der Waals surface area contributed by atoms with Gasteiger partial charge in [0, 0.05) is 43.9 Å². The Balaban J connectivity index is 1.10. The van der Waals surface area contributed by atoms with Crippen LogP contribution in [0.1, 0.15) is 46.5 Å². The van der Waals surface area contributed by atoms with E-state index in [1.165, 1.54) is 31.1 Å². The fourth-order valence-corrected chi connectivity index (χ4v) is 4.55. The number of hydrogen-bond donors (Lipinski definition) is 3. The van der Waals surface area contributed by atoms with Crippen molar-refractivity contribution in [2.75, 3.05) is 32.1 Å². The van der Waals surface area contributed by atoms with Gasteiger partial charge >= 0.3 is 0 Å². The molecule has 37 heavy (non-hydrogen) atoms. The number of anilines is 1. The molecule has 1 amide bonds. The van der Waals surface area contributed by atoms with Crippen molar-refractivity contribution < 1.29 is 23.8 Å². The summed E-state index contributed by atoms with van der Waals surface area (Å²) < 4.78 is 16.3. The molecule has 1 aliphatic heterocycles. The third-order valence-electron chi connectivity index (χ3n) is 6.83. The van der Waals surface area contributed by atoms with E-state index in [1.54, 1.807) is 18.3 Å². The molecule has 1 saturated carbocycles. The normalized spacial score (nSPS) is 16.4. The maximum Gasteiger partial charge on any atom is 0.251 e. The van der Waals surface area contributed by atoms with E-state index in [-0.39, 0.29) is 12.5 Å². The zero-order chi connectivity index (χ0) is 25.6. The van der Waals surface area contributed by atoms with E-state index in [0.29, 0.717) is 42.2 Å². The second-order valence-corrected chi connectivity index (χ2v) is 9.59. The molecule has 0 saturated heterocycles. The van der Waals surface area contributed by atoms with Crippen LogP contribution in [0, 0.1) is 0 Å². The molecular formula is C27H33N5O5. The first-order valence-corrected chi connectivity index (χ1v) is 12.7. The first kappa shape index (κ1) is 25.0. The smallest absolute Gasteiger partial charge is 0.251 e. The predicted molar refractivity (Wildman–Crippen MR) is 137 cm³/mol. The lowest BCUT2D eigenvalue weighted by molar-refractivity contribution is 0.0841. The Hall–Kier alpha value is -3.63. The number of fused-ring (bicyclic) bond motifs is 1. The summed E-state index contributed by atoms with van der Waals surface area (Å²) in [6.45, 7) is 2.53. The van der Waals surface area contributed by atoms with Crippen LogP contribution in [0.25, 0.3) is 0 Å². The molecule has 1 aliphatic carbocycles. The van der Waals surface area contributed by atoms with Crippen LogP contribution in [0.5, 0.6) is 11.6 Å². The molecule has 1 aromatic carbocycles. The molecule has 2 aliphatic rings. The number of pyridine rings is 1.